The number of nitrogens with one attached hydrogen (secondary N) is 3. The summed E-state index contributed by atoms with van der Waals surface area (Å²) < 4.78 is 10.6. The standard InChI is InChI=1S/C31H34N4O5/c1-4-6-19-35-28(21-11-8-7-9-12-21)26(29(36)40-5-2)27(34-31(35)38)22-13-10-14-24(20-22)33-30(37)32-23-15-17-25(39-3)18-16-23/h7-18,20,27H,4-6,19H2,1-3H3,(H,34,38)(H2,32,33,37). The van der Waals surface area contributed by atoms with Gasteiger partial charge in [-0.1, -0.05) is 55.8 Å². The third kappa shape index (κ3) is 6.61. The fraction of sp³-hybridized carbons (Fsp3) is 0.258. The van der Waals surface area contributed by atoms with Crippen molar-refractivity contribution in [2.45, 2.75) is 32.7 Å². The molecule has 0 bridgehead atoms. The number of rotatable bonds is 10. The lowest BCUT2D eigenvalue weighted by atomic mass is 9.91. The Morgan fingerprint density at radius 3 is 2.33 bits per heavy atom. The minimum Gasteiger partial charge on any atom is -0.497 e. The predicted octanol–water partition coefficient (Wildman–Crippen LogP) is 6.18. The van der Waals surface area contributed by atoms with Gasteiger partial charge >= 0.3 is 18.0 Å². The van der Waals surface area contributed by atoms with Gasteiger partial charge in [-0.05, 0) is 60.9 Å². The van der Waals surface area contributed by atoms with E-state index in [9.17, 15) is 14.4 Å². The van der Waals surface area contributed by atoms with Crippen LogP contribution in [0.15, 0.2) is 84.4 Å². The first-order valence-corrected chi connectivity index (χ1v) is 13.3. The van der Waals surface area contributed by atoms with Gasteiger partial charge in [0.15, 0.2) is 0 Å². The average molecular weight is 543 g/mol. The molecule has 1 heterocycles. The predicted molar refractivity (Wildman–Crippen MR) is 155 cm³/mol. The number of benzene rings is 3. The third-order valence-corrected chi connectivity index (χ3v) is 6.43. The van der Waals surface area contributed by atoms with Crippen LogP contribution in [0.2, 0.25) is 0 Å². The number of anilines is 2. The monoisotopic (exact) mass is 542 g/mol. The van der Waals surface area contributed by atoms with Crippen LogP contribution in [0.25, 0.3) is 5.70 Å². The molecule has 4 rings (SSSR count). The number of methoxy groups -OCH3 is 1. The SMILES string of the molecule is CCCCN1C(=O)NC(c2cccc(NC(=O)Nc3ccc(OC)cc3)c2)C(C(=O)OCC)=C1c1ccccc1. The molecule has 1 unspecified atom stereocenters. The maximum atomic E-state index is 13.5. The van der Waals surface area contributed by atoms with Gasteiger partial charge in [0.2, 0.25) is 0 Å². The number of urea groups is 2. The second kappa shape index (κ2) is 13.3. The molecule has 3 N–H and O–H groups in total. The van der Waals surface area contributed by atoms with Crippen LogP contribution in [-0.2, 0) is 9.53 Å². The van der Waals surface area contributed by atoms with Gasteiger partial charge in [0.05, 0.1) is 31.0 Å². The summed E-state index contributed by atoms with van der Waals surface area (Å²) in [4.78, 5) is 41.2. The summed E-state index contributed by atoms with van der Waals surface area (Å²) in [6.07, 6.45) is 1.66. The van der Waals surface area contributed by atoms with Crippen molar-refractivity contribution in [1.29, 1.82) is 0 Å². The molecular formula is C31H34N4O5. The lowest BCUT2D eigenvalue weighted by Crippen LogP contribution is -2.48. The highest BCUT2D eigenvalue weighted by molar-refractivity contribution is 6.05. The smallest absolute Gasteiger partial charge is 0.338 e. The fourth-order valence-corrected chi connectivity index (χ4v) is 4.53. The molecule has 0 aliphatic carbocycles. The summed E-state index contributed by atoms with van der Waals surface area (Å²) in [6.45, 7) is 4.44. The van der Waals surface area contributed by atoms with Gasteiger partial charge in [0.1, 0.15) is 5.75 Å². The summed E-state index contributed by atoms with van der Waals surface area (Å²) in [6, 6.07) is 21.9. The molecule has 0 aromatic heterocycles. The van der Waals surface area contributed by atoms with E-state index < -0.39 is 18.0 Å². The second-order valence-electron chi connectivity index (χ2n) is 9.17. The number of carbonyl (C=O) groups excluding carboxylic acids is 3. The highest BCUT2D eigenvalue weighted by atomic mass is 16.5. The highest BCUT2D eigenvalue weighted by Gasteiger charge is 2.38. The average Bonchev–Trinajstić information content (AvgIpc) is 2.97. The minimum atomic E-state index is -0.786. The van der Waals surface area contributed by atoms with Crippen molar-refractivity contribution < 1.29 is 23.9 Å². The van der Waals surface area contributed by atoms with Gasteiger partial charge in [0, 0.05) is 17.9 Å². The van der Waals surface area contributed by atoms with Gasteiger partial charge in [-0.15, -0.1) is 0 Å². The molecule has 0 fully saturated rings. The van der Waals surface area contributed by atoms with Gasteiger partial charge in [0.25, 0.3) is 0 Å². The molecule has 0 saturated carbocycles. The number of nitrogens with zero attached hydrogens (tertiary/aromatic N) is 1. The molecule has 0 saturated heterocycles. The molecule has 1 atom stereocenters. The Morgan fingerprint density at radius 2 is 1.65 bits per heavy atom. The summed E-state index contributed by atoms with van der Waals surface area (Å²) >= 11 is 0. The zero-order chi connectivity index (χ0) is 28.5. The molecule has 0 radical (unpaired) electrons. The lowest BCUT2D eigenvalue weighted by molar-refractivity contribution is -0.138. The number of esters is 1. The Kier molecular flexibility index (Phi) is 9.40. The van der Waals surface area contributed by atoms with Crippen LogP contribution in [0, 0.1) is 0 Å². The lowest BCUT2D eigenvalue weighted by Gasteiger charge is -2.37. The quantitative estimate of drug-likeness (QED) is 0.265. The van der Waals surface area contributed by atoms with E-state index in [-0.39, 0.29) is 12.6 Å². The number of ether oxygens (including phenoxy) is 2. The van der Waals surface area contributed by atoms with Gasteiger partial charge < -0.3 is 25.4 Å². The van der Waals surface area contributed by atoms with Crippen LogP contribution in [-0.4, -0.2) is 43.2 Å². The highest BCUT2D eigenvalue weighted by Crippen LogP contribution is 2.37. The summed E-state index contributed by atoms with van der Waals surface area (Å²) in [5, 5.41) is 8.60. The van der Waals surface area contributed by atoms with E-state index in [1.165, 1.54) is 0 Å². The zero-order valence-electron chi connectivity index (χ0n) is 22.9. The number of hydrogen-bond acceptors (Lipinski definition) is 5. The van der Waals surface area contributed by atoms with E-state index in [0.29, 0.717) is 40.5 Å². The molecule has 3 aromatic rings. The van der Waals surface area contributed by atoms with Crippen molar-refractivity contribution >= 4 is 35.1 Å². The molecule has 40 heavy (non-hydrogen) atoms. The van der Waals surface area contributed by atoms with Crippen molar-refractivity contribution in [3.8, 4) is 5.75 Å². The Balaban J connectivity index is 1.69. The first-order chi connectivity index (χ1) is 19.4. The van der Waals surface area contributed by atoms with E-state index >= 15 is 0 Å². The van der Waals surface area contributed by atoms with E-state index in [1.54, 1.807) is 67.5 Å². The maximum Gasteiger partial charge on any atom is 0.338 e. The Morgan fingerprint density at radius 1 is 0.925 bits per heavy atom. The van der Waals surface area contributed by atoms with Crippen LogP contribution < -0.4 is 20.7 Å². The van der Waals surface area contributed by atoms with Gasteiger partial charge in [-0.25, -0.2) is 14.4 Å². The summed E-state index contributed by atoms with van der Waals surface area (Å²) in [5.41, 5.74) is 3.33. The largest absolute Gasteiger partial charge is 0.497 e. The topological polar surface area (TPSA) is 109 Å². The van der Waals surface area contributed by atoms with Crippen molar-refractivity contribution in [2.75, 3.05) is 30.9 Å². The van der Waals surface area contributed by atoms with Crippen LogP contribution in [0.5, 0.6) is 5.75 Å². The van der Waals surface area contributed by atoms with Gasteiger partial charge in [-0.2, -0.15) is 0 Å². The molecule has 9 nitrogen and oxygen atoms in total. The molecule has 1 aliphatic heterocycles. The second-order valence-corrected chi connectivity index (χ2v) is 9.17. The van der Waals surface area contributed by atoms with Crippen LogP contribution in [0.3, 0.4) is 0 Å². The van der Waals surface area contributed by atoms with Crippen molar-refractivity contribution in [3.05, 3.63) is 95.6 Å². The molecule has 4 amide bonds. The fourth-order valence-electron chi connectivity index (χ4n) is 4.53. The Labute approximate surface area is 234 Å². The number of unbranched alkanes of at least 4 members (excludes halogenated alkanes) is 1. The number of amides is 4. The Hall–Kier alpha value is -4.79. The maximum absolute atomic E-state index is 13.5. The van der Waals surface area contributed by atoms with Crippen molar-refractivity contribution in [2.24, 2.45) is 0 Å². The number of hydrogen-bond donors (Lipinski definition) is 3. The first kappa shape index (κ1) is 28.2. The van der Waals surface area contributed by atoms with Crippen molar-refractivity contribution in [3.63, 3.8) is 0 Å². The molecule has 1 aliphatic rings. The van der Waals surface area contributed by atoms with Crippen molar-refractivity contribution in [1.82, 2.24) is 10.2 Å². The molecule has 9 heteroatoms. The van der Waals surface area contributed by atoms with Crippen LogP contribution >= 0.6 is 0 Å². The Bertz CT molecular complexity index is 1370. The van der Waals surface area contributed by atoms with E-state index in [0.717, 1.165) is 18.4 Å². The van der Waals surface area contributed by atoms with E-state index in [2.05, 4.69) is 16.0 Å². The summed E-state index contributed by atoms with van der Waals surface area (Å²) in [7, 11) is 1.57. The van der Waals surface area contributed by atoms with E-state index in [1.807, 2.05) is 37.3 Å². The van der Waals surface area contributed by atoms with Gasteiger partial charge in [-0.3, -0.25) is 4.90 Å². The molecular weight excluding hydrogens is 508 g/mol. The first-order valence-electron chi connectivity index (χ1n) is 13.3. The third-order valence-electron chi connectivity index (χ3n) is 6.43. The van der Waals surface area contributed by atoms with Crippen LogP contribution in [0.1, 0.15) is 43.9 Å². The van der Waals surface area contributed by atoms with Crippen LogP contribution in [0.4, 0.5) is 21.0 Å². The molecule has 3 aromatic carbocycles. The number of carbonyl (C=O) groups is 3. The molecule has 208 valence electrons. The zero-order valence-corrected chi connectivity index (χ0v) is 22.9. The molecule has 0 spiro atoms. The minimum absolute atomic E-state index is 0.188. The summed E-state index contributed by atoms with van der Waals surface area (Å²) in [5.74, 6) is 0.172. The van der Waals surface area contributed by atoms with E-state index in [4.69, 9.17) is 9.47 Å². The normalized spacial score (nSPS) is 14.8.